The predicted octanol–water partition coefficient (Wildman–Crippen LogP) is 2.67. The fourth-order valence-corrected chi connectivity index (χ4v) is 2.91. The van der Waals surface area contributed by atoms with Gasteiger partial charge in [-0.1, -0.05) is 12.1 Å². The molecule has 0 saturated carbocycles. The number of para-hydroxylation sites is 1. The van der Waals surface area contributed by atoms with Crippen molar-refractivity contribution in [3.05, 3.63) is 30.1 Å². The van der Waals surface area contributed by atoms with Crippen LogP contribution in [0.15, 0.2) is 24.3 Å². The van der Waals surface area contributed by atoms with Gasteiger partial charge in [0, 0.05) is 29.9 Å². The molecule has 21 heavy (non-hydrogen) atoms. The summed E-state index contributed by atoms with van der Waals surface area (Å²) in [5.74, 6) is 1.60. The summed E-state index contributed by atoms with van der Waals surface area (Å²) < 4.78 is 0. The number of hydrogen-bond donors (Lipinski definition) is 2. The zero-order valence-electron chi connectivity index (χ0n) is 12.9. The van der Waals surface area contributed by atoms with E-state index in [4.69, 9.17) is 0 Å². The van der Waals surface area contributed by atoms with Crippen LogP contribution >= 0.6 is 0 Å². The van der Waals surface area contributed by atoms with Gasteiger partial charge in [-0.05, 0) is 45.9 Å². The summed E-state index contributed by atoms with van der Waals surface area (Å²) in [5.41, 5.74) is 2.19. The third-order valence-electron chi connectivity index (χ3n) is 4.33. The minimum Gasteiger partial charge on any atom is -0.382 e. The summed E-state index contributed by atoms with van der Waals surface area (Å²) in [5, 5.41) is 10.9. The maximum absolute atomic E-state index is 4.45. The Hall–Kier alpha value is -1.88. The second-order valence-corrected chi connectivity index (χ2v) is 5.99. The molecule has 3 rings (SSSR count). The van der Waals surface area contributed by atoms with Crippen LogP contribution in [0.1, 0.15) is 25.6 Å². The standard InChI is InChI=1S/C16H23N5/c1-11-10-13(8-9-21(11)3)18-15-7-5-4-6-14(15)16-17-12(2)19-20-16/h4-7,11,13,18H,8-10H2,1-3H3,(H,17,19,20). The Morgan fingerprint density at radius 1 is 1.33 bits per heavy atom. The number of anilines is 1. The zero-order valence-corrected chi connectivity index (χ0v) is 12.9. The number of likely N-dealkylation sites (tertiary alicyclic amines) is 1. The lowest BCUT2D eigenvalue weighted by Crippen LogP contribution is -2.42. The lowest BCUT2D eigenvalue weighted by Gasteiger charge is -2.36. The van der Waals surface area contributed by atoms with Crippen LogP contribution in [0.3, 0.4) is 0 Å². The van der Waals surface area contributed by atoms with Crippen LogP contribution in [0.4, 0.5) is 5.69 Å². The van der Waals surface area contributed by atoms with Crippen molar-refractivity contribution in [2.24, 2.45) is 0 Å². The summed E-state index contributed by atoms with van der Waals surface area (Å²) in [6.45, 7) is 5.35. The van der Waals surface area contributed by atoms with Crippen molar-refractivity contribution >= 4 is 5.69 Å². The Labute approximate surface area is 125 Å². The van der Waals surface area contributed by atoms with Gasteiger partial charge in [0.15, 0.2) is 5.82 Å². The van der Waals surface area contributed by atoms with E-state index in [9.17, 15) is 0 Å². The number of hydrogen-bond acceptors (Lipinski definition) is 4. The van der Waals surface area contributed by atoms with Crippen molar-refractivity contribution in [1.29, 1.82) is 0 Å². The largest absolute Gasteiger partial charge is 0.382 e. The molecule has 0 bridgehead atoms. The SMILES string of the molecule is Cc1nc(-c2ccccc2NC2CCN(C)C(C)C2)n[nH]1. The first kappa shape index (κ1) is 14.1. The first-order chi connectivity index (χ1) is 10.1. The Morgan fingerprint density at radius 2 is 2.14 bits per heavy atom. The Kier molecular flexibility index (Phi) is 3.92. The number of aromatic nitrogens is 3. The number of piperidine rings is 1. The molecule has 1 aliphatic heterocycles. The van der Waals surface area contributed by atoms with Crippen LogP contribution in [-0.4, -0.2) is 45.8 Å². The molecular weight excluding hydrogens is 262 g/mol. The van der Waals surface area contributed by atoms with Gasteiger partial charge in [0.2, 0.25) is 0 Å². The van der Waals surface area contributed by atoms with Crippen molar-refractivity contribution in [3.63, 3.8) is 0 Å². The third-order valence-corrected chi connectivity index (χ3v) is 4.33. The Balaban J connectivity index is 1.80. The van der Waals surface area contributed by atoms with Crippen LogP contribution in [0, 0.1) is 6.92 Å². The Morgan fingerprint density at radius 3 is 2.86 bits per heavy atom. The molecule has 1 fully saturated rings. The zero-order chi connectivity index (χ0) is 14.8. The molecule has 2 N–H and O–H groups in total. The molecule has 5 nitrogen and oxygen atoms in total. The highest BCUT2D eigenvalue weighted by atomic mass is 15.2. The summed E-state index contributed by atoms with van der Waals surface area (Å²) in [6, 6.07) is 9.41. The van der Waals surface area contributed by atoms with E-state index in [2.05, 4.69) is 57.6 Å². The molecule has 0 amide bonds. The van der Waals surface area contributed by atoms with Crippen LogP contribution in [-0.2, 0) is 0 Å². The second-order valence-electron chi connectivity index (χ2n) is 5.99. The number of aryl methyl sites for hydroxylation is 1. The van der Waals surface area contributed by atoms with Crippen molar-refractivity contribution in [2.75, 3.05) is 18.9 Å². The number of nitrogens with zero attached hydrogens (tertiary/aromatic N) is 3. The van der Waals surface area contributed by atoms with Gasteiger partial charge in [-0.25, -0.2) is 4.98 Å². The molecule has 112 valence electrons. The molecule has 0 aliphatic carbocycles. The fourth-order valence-electron chi connectivity index (χ4n) is 2.91. The van der Waals surface area contributed by atoms with Crippen LogP contribution in [0.2, 0.25) is 0 Å². The quantitative estimate of drug-likeness (QED) is 0.910. The average Bonchev–Trinajstić information content (AvgIpc) is 2.90. The topological polar surface area (TPSA) is 56.8 Å². The highest BCUT2D eigenvalue weighted by Crippen LogP contribution is 2.27. The third kappa shape index (κ3) is 3.08. The van der Waals surface area contributed by atoms with E-state index in [1.807, 2.05) is 13.0 Å². The summed E-state index contributed by atoms with van der Waals surface area (Å²) in [7, 11) is 2.20. The maximum atomic E-state index is 4.45. The lowest BCUT2D eigenvalue weighted by atomic mass is 9.98. The number of aromatic amines is 1. The van der Waals surface area contributed by atoms with Gasteiger partial charge in [-0.2, -0.15) is 5.10 Å². The monoisotopic (exact) mass is 285 g/mol. The molecular formula is C16H23N5. The van der Waals surface area contributed by atoms with E-state index < -0.39 is 0 Å². The molecule has 1 aliphatic rings. The van der Waals surface area contributed by atoms with Crippen LogP contribution in [0.5, 0.6) is 0 Å². The van der Waals surface area contributed by atoms with E-state index in [1.54, 1.807) is 0 Å². The first-order valence-electron chi connectivity index (χ1n) is 7.58. The van der Waals surface area contributed by atoms with Crippen molar-refractivity contribution < 1.29 is 0 Å². The molecule has 0 radical (unpaired) electrons. The second kappa shape index (κ2) is 5.85. The molecule has 1 aromatic carbocycles. The number of benzene rings is 1. The summed E-state index contributed by atoms with van der Waals surface area (Å²) in [6.07, 6.45) is 2.33. The molecule has 2 atom stereocenters. The molecule has 1 saturated heterocycles. The number of nitrogens with one attached hydrogen (secondary N) is 2. The maximum Gasteiger partial charge on any atom is 0.183 e. The van der Waals surface area contributed by atoms with Crippen molar-refractivity contribution in [2.45, 2.75) is 38.8 Å². The van der Waals surface area contributed by atoms with Crippen molar-refractivity contribution in [3.8, 4) is 11.4 Å². The van der Waals surface area contributed by atoms with Gasteiger partial charge in [-0.15, -0.1) is 0 Å². The van der Waals surface area contributed by atoms with E-state index in [0.29, 0.717) is 12.1 Å². The van der Waals surface area contributed by atoms with Gasteiger partial charge >= 0.3 is 0 Å². The fraction of sp³-hybridized carbons (Fsp3) is 0.500. The Bertz CT molecular complexity index is 606. The molecule has 0 spiro atoms. The number of H-pyrrole nitrogens is 1. The highest BCUT2D eigenvalue weighted by molar-refractivity contribution is 5.73. The highest BCUT2D eigenvalue weighted by Gasteiger charge is 2.23. The predicted molar refractivity (Wildman–Crippen MR) is 85.3 cm³/mol. The normalized spacial score (nSPS) is 23.2. The van der Waals surface area contributed by atoms with Crippen molar-refractivity contribution in [1.82, 2.24) is 20.1 Å². The van der Waals surface area contributed by atoms with E-state index in [1.165, 1.54) is 6.42 Å². The van der Waals surface area contributed by atoms with Crippen LogP contribution in [0.25, 0.3) is 11.4 Å². The molecule has 2 heterocycles. The summed E-state index contributed by atoms with van der Waals surface area (Å²) in [4.78, 5) is 6.87. The minimum absolute atomic E-state index is 0.511. The first-order valence-corrected chi connectivity index (χ1v) is 7.58. The van der Waals surface area contributed by atoms with Gasteiger partial charge < -0.3 is 10.2 Å². The van der Waals surface area contributed by atoms with Crippen LogP contribution < -0.4 is 5.32 Å². The molecule has 2 aromatic rings. The van der Waals surface area contributed by atoms with E-state index in [-0.39, 0.29) is 0 Å². The lowest BCUT2D eigenvalue weighted by molar-refractivity contribution is 0.190. The molecule has 5 heteroatoms. The minimum atomic E-state index is 0.511. The van der Waals surface area contributed by atoms with Gasteiger partial charge in [0.25, 0.3) is 0 Å². The smallest absolute Gasteiger partial charge is 0.183 e. The number of rotatable bonds is 3. The summed E-state index contributed by atoms with van der Waals surface area (Å²) >= 11 is 0. The average molecular weight is 285 g/mol. The van der Waals surface area contributed by atoms with Gasteiger partial charge in [0.05, 0.1) is 0 Å². The molecule has 1 aromatic heterocycles. The van der Waals surface area contributed by atoms with Gasteiger partial charge in [-0.3, -0.25) is 5.10 Å². The van der Waals surface area contributed by atoms with E-state index in [0.717, 1.165) is 35.9 Å². The van der Waals surface area contributed by atoms with E-state index >= 15 is 0 Å². The van der Waals surface area contributed by atoms with Gasteiger partial charge in [0.1, 0.15) is 5.82 Å². The molecule has 2 unspecified atom stereocenters.